The van der Waals surface area contributed by atoms with Crippen LogP contribution in [0.1, 0.15) is 32.3 Å². The van der Waals surface area contributed by atoms with Crippen LogP contribution in [0, 0.1) is 0 Å². The van der Waals surface area contributed by atoms with Crippen LogP contribution in [0.15, 0.2) is 24.3 Å². The summed E-state index contributed by atoms with van der Waals surface area (Å²) in [6.07, 6.45) is 0.882. The number of aliphatic hydroxyl groups is 2. The minimum absolute atomic E-state index is 0.182. The van der Waals surface area contributed by atoms with Crippen molar-refractivity contribution in [2.75, 3.05) is 52.9 Å². The number of ether oxygens (including phenoxy) is 1. The molecule has 6 heteroatoms. The van der Waals surface area contributed by atoms with E-state index in [0.29, 0.717) is 13.2 Å². The number of likely N-dealkylation sites (N-methyl/N-ethyl adjacent to an activating group) is 1. The Labute approximate surface area is 169 Å². The van der Waals surface area contributed by atoms with E-state index in [2.05, 4.69) is 47.7 Å². The molecule has 1 aromatic rings. The van der Waals surface area contributed by atoms with E-state index in [-0.39, 0.29) is 11.6 Å². The zero-order valence-electron chi connectivity index (χ0n) is 17.7. The van der Waals surface area contributed by atoms with Crippen LogP contribution in [0.25, 0.3) is 0 Å². The van der Waals surface area contributed by atoms with Gasteiger partial charge in [0.25, 0.3) is 0 Å². The predicted molar refractivity (Wildman–Crippen MR) is 112 cm³/mol. The highest BCUT2D eigenvalue weighted by Gasteiger charge is 2.30. The molecule has 0 aromatic heterocycles. The van der Waals surface area contributed by atoms with Crippen molar-refractivity contribution in [1.29, 1.82) is 0 Å². The molecule has 2 fully saturated rings. The Morgan fingerprint density at radius 1 is 1.14 bits per heavy atom. The van der Waals surface area contributed by atoms with Gasteiger partial charge in [-0.15, -0.1) is 0 Å². The number of β-amino-alcohol motifs (C(OH)–C–C–N with tert-alkyl or cyclic N) is 1. The van der Waals surface area contributed by atoms with Crippen LogP contribution in [0.5, 0.6) is 5.75 Å². The summed E-state index contributed by atoms with van der Waals surface area (Å²) in [7, 11) is 2.20. The number of piperidine rings is 1. The first-order valence-corrected chi connectivity index (χ1v) is 10.6. The second kappa shape index (κ2) is 9.55. The summed E-state index contributed by atoms with van der Waals surface area (Å²) in [6.45, 7) is 11.3. The van der Waals surface area contributed by atoms with Crippen LogP contribution in [0.2, 0.25) is 0 Å². The first-order chi connectivity index (χ1) is 13.3. The maximum atomic E-state index is 10.3. The van der Waals surface area contributed by atoms with Crippen molar-refractivity contribution in [2.45, 2.75) is 51.0 Å². The molecule has 28 heavy (non-hydrogen) atoms. The van der Waals surface area contributed by atoms with Crippen LogP contribution in [-0.4, -0.2) is 95.6 Å². The number of benzene rings is 1. The molecule has 2 aliphatic rings. The molecule has 0 spiro atoms. The lowest BCUT2D eigenvalue weighted by Crippen LogP contribution is -2.57. The van der Waals surface area contributed by atoms with Gasteiger partial charge in [-0.05, 0) is 51.4 Å². The van der Waals surface area contributed by atoms with Crippen molar-refractivity contribution < 1.29 is 14.9 Å². The van der Waals surface area contributed by atoms with E-state index in [1.54, 1.807) is 0 Å². The fourth-order valence-corrected chi connectivity index (χ4v) is 4.11. The van der Waals surface area contributed by atoms with E-state index in [4.69, 9.17) is 4.74 Å². The van der Waals surface area contributed by atoms with Crippen LogP contribution in [-0.2, 0) is 6.54 Å². The van der Waals surface area contributed by atoms with Crippen LogP contribution in [0.3, 0.4) is 0 Å². The molecule has 2 saturated heterocycles. The smallest absolute Gasteiger partial charge is 0.119 e. The SMILES string of the molecule is CN1CCN(Cc2cccc(OCC(O)CN3CCC(O)CC3)c2)CC1(C)C. The zero-order valence-corrected chi connectivity index (χ0v) is 17.7. The lowest BCUT2D eigenvalue weighted by Gasteiger charge is -2.45. The second-order valence-corrected chi connectivity index (χ2v) is 9.09. The molecule has 2 aliphatic heterocycles. The Morgan fingerprint density at radius 2 is 1.89 bits per heavy atom. The number of piperazine rings is 1. The zero-order chi connectivity index (χ0) is 20.1. The second-order valence-electron chi connectivity index (χ2n) is 9.09. The summed E-state index contributed by atoms with van der Waals surface area (Å²) in [6, 6.07) is 8.23. The van der Waals surface area contributed by atoms with Crippen molar-refractivity contribution in [3.8, 4) is 5.75 Å². The van der Waals surface area contributed by atoms with Gasteiger partial charge in [-0.3, -0.25) is 9.80 Å². The number of likely N-dealkylation sites (tertiary alicyclic amines) is 1. The Bertz CT molecular complexity index is 617. The molecule has 3 rings (SSSR count). The highest BCUT2D eigenvalue weighted by molar-refractivity contribution is 5.28. The topological polar surface area (TPSA) is 59.4 Å². The lowest BCUT2D eigenvalue weighted by atomic mass is 9.99. The Balaban J connectivity index is 1.45. The molecule has 158 valence electrons. The lowest BCUT2D eigenvalue weighted by molar-refractivity contribution is 0.0333. The van der Waals surface area contributed by atoms with Gasteiger partial charge >= 0.3 is 0 Å². The maximum absolute atomic E-state index is 10.3. The summed E-state index contributed by atoms with van der Waals surface area (Å²) in [5.74, 6) is 0.819. The number of hydrogen-bond acceptors (Lipinski definition) is 6. The molecular formula is C22H37N3O3. The van der Waals surface area contributed by atoms with Gasteiger partial charge in [0.1, 0.15) is 18.5 Å². The Kier molecular flexibility index (Phi) is 7.34. The van der Waals surface area contributed by atoms with Crippen LogP contribution >= 0.6 is 0 Å². The van der Waals surface area contributed by atoms with Gasteiger partial charge in [0.2, 0.25) is 0 Å². The van der Waals surface area contributed by atoms with E-state index in [1.807, 2.05) is 12.1 Å². The van der Waals surface area contributed by atoms with Crippen molar-refractivity contribution in [3.05, 3.63) is 29.8 Å². The number of rotatable bonds is 7. The standard InChI is InChI=1S/C22H37N3O3/c1-22(2)17-25(12-11-23(22)3)14-18-5-4-6-21(13-18)28-16-20(27)15-24-9-7-19(26)8-10-24/h4-6,13,19-20,26-27H,7-12,14-17H2,1-3H3. The van der Waals surface area contributed by atoms with Gasteiger partial charge in [-0.2, -0.15) is 0 Å². The number of hydrogen-bond donors (Lipinski definition) is 2. The predicted octanol–water partition coefficient (Wildman–Crippen LogP) is 1.41. The molecule has 0 saturated carbocycles. The highest BCUT2D eigenvalue weighted by Crippen LogP contribution is 2.22. The average Bonchev–Trinajstić information content (AvgIpc) is 2.65. The third-order valence-corrected chi connectivity index (χ3v) is 6.17. The molecule has 0 radical (unpaired) electrons. The van der Waals surface area contributed by atoms with E-state index >= 15 is 0 Å². The summed E-state index contributed by atoms with van der Waals surface area (Å²) in [5.41, 5.74) is 1.44. The summed E-state index contributed by atoms with van der Waals surface area (Å²) in [4.78, 5) is 7.12. The summed E-state index contributed by atoms with van der Waals surface area (Å²) >= 11 is 0. The third kappa shape index (κ3) is 6.16. The minimum atomic E-state index is -0.516. The van der Waals surface area contributed by atoms with Gasteiger partial charge < -0.3 is 19.8 Å². The largest absolute Gasteiger partial charge is 0.491 e. The summed E-state index contributed by atoms with van der Waals surface area (Å²) < 4.78 is 5.87. The molecule has 6 nitrogen and oxygen atoms in total. The van der Waals surface area contributed by atoms with E-state index < -0.39 is 6.10 Å². The van der Waals surface area contributed by atoms with Crippen molar-refractivity contribution >= 4 is 0 Å². The van der Waals surface area contributed by atoms with Crippen molar-refractivity contribution in [1.82, 2.24) is 14.7 Å². The molecule has 0 bridgehead atoms. The molecule has 1 unspecified atom stereocenters. The van der Waals surface area contributed by atoms with Crippen LogP contribution in [0.4, 0.5) is 0 Å². The fraction of sp³-hybridized carbons (Fsp3) is 0.727. The highest BCUT2D eigenvalue weighted by atomic mass is 16.5. The molecule has 2 heterocycles. The quantitative estimate of drug-likeness (QED) is 0.733. The maximum Gasteiger partial charge on any atom is 0.119 e. The minimum Gasteiger partial charge on any atom is -0.491 e. The Morgan fingerprint density at radius 3 is 2.61 bits per heavy atom. The molecule has 0 amide bonds. The van der Waals surface area contributed by atoms with Crippen LogP contribution < -0.4 is 4.74 Å². The van der Waals surface area contributed by atoms with E-state index in [1.165, 1.54) is 5.56 Å². The van der Waals surface area contributed by atoms with Gasteiger partial charge in [0.05, 0.1) is 6.10 Å². The van der Waals surface area contributed by atoms with Gasteiger partial charge in [0, 0.05) is 51.4 Å². The average molecular weight is 392 g/mol. The van der Waals surface area contributed by atoms with Gasteiger partial charge in [0.15, 0.2) is 0 Å². The molecular weight excluding hydrogens is 354 g/mol. The monoisotopic (exact) mass is 391 g/mol. The van der Waals surface area contributed by atoms with E-state index in [0.717, 1.165) is 57.9 Å². The molecule has 1 aromatic carbocycles. The summed E-state index contributed by atoms with van der Waals surface area (Å²) in [5, 5.41) is 19.9. The first kappa shape index (κ1) is 21.5. The van der Waals surface area contributed by atoms with Crippen molar-refractivity contribution in [2.24, 2.45) is 0 Å². The molecule has 1 atom stereocenters. The number of nitrogens with zero attached hydrogens (tertiary/aromatic N) is 3. The normalized spacial score (nSPS) is 23.6. The molecule has 0 aliphatic carbocycles. The molecule has 2 N–H and O–H groups in total. The third-order valence-electron chi connectivity index (χ3n) is 6.17. The van der Waals surface area contributed by atoms with Crippen molar-refractivity contribution in [3.63, 3.8) is 0 Å². The number of aliphatic hydroxyl groups excluding tert-OH is 2. The van der Waals surface area contributed by atoms with E-state index in [9.17, 15) is 10.2 Å². The first-order valence-electron chi connectivity index (χ1n) is 10.6. The Hall–Kier alpha value is -1.18. The van der Waals surface area contributed by atoms with Gasteiger partial charge in [-0.25, -0.2) is 0 Å². The van der Waals surface area contributed by atoms with Gasteiger partial charge in [-0.1, -0.05) is 12.1 Å². The fourth-order valence-electron chi connectivity index (χ4n) is 4.11.